The topological polar surface area (TPSA) is 107 Å². The second kappa shape index (κ2) is 4.81. The minimum absolute atomic E-state index is 0.158. The van der Waals surface area contributed by atoms with E-state index in [2.05, 4.69) is 4.98 Å². The molecule has 0 amide bonds. The number of carbonyl (C=O) groups is 1. The number of carboxylic acid groups (broad SMARTS) is 1. The van der Waals surface area contributed by atoms with Gasteiger partial charge < -0.3 is 14.3 Å². The summed E-state index contributed by atoms with van der Waals surface area (Å²) in [5.74, 6) is -0.729. The van der Waals surface area contributed by atoms with Gasteiger partial charge in [-0.25, -0.2) is 18.2 Å². The van der Waals surface area contributed by atoms with Gasteiger partial charge in [-0.05, 0) is 31.0 Å². The van der Waals surface area contributed by atoms with Crippen molar-refractivity contribution >= 4 is 26.9 Å². The highest BCUT2D eigenvalue weighted by Gasteiger charge is 2.34. The molecular formula is C13H13NO6S. The lowest BCUT2D eigenvalue weighted by Gasteiger charge is -2.06. The molecule has 3 rings (SSSR count). The number of sulfone groups is 1. The molecule has 112 valence electrons. The average Bonchev–Trinajstić information content (AvgIpc) is 3.03. The Balaban J connectivity index is 1.93. The highest BCUT2D eigenvalue weighted by atomic mass is 32.2. The van der Waals surface area contributed by atoms with Gasteiger partial charge in [-0.1, -0.05) is 0 Å². The van der Waals surface area contributed by atoms with Crippen molar-refractivity contribution in [2.75, 3.05) is 6.26 Å². The fraction of sp³-hybridized carbons (Fsp3) is 0.385. The molecule has 0 radical (unpaired) electrons. The summed E-state index contributed by atoms with van der Waals surface area (Å²) in [4.78, 5) is 15.2. The average molecular weight is 311 g/mol. The van der Waals surface area contributed by atoms with E-state index in [0.717, 1.165) is 6.26 Å². The Morgan fingerprint density at radius 1 is 1.38 bits per heavy atom. The van der Waals surface area contributed by atoms with Gasteiger partial charge in [0, 0.05) is 6.26 Å². The number of rotatable bonds is 3. The van der Waals surface area contributed by atoms with Crippen molar-refractivity contribution in [1.82, 2.24) is 4.98 Å². The third-order valence-corrected chi connectivity index (χ3v) is 4.48. The maximum absolute atomic E-state index is 11.5. The van der Waals surface area contributed by atoms with Crippen LogP contribution < -0.4 is 0 Å². The predicted molar refractivity (Wildman–Crippen MR) is 71.6 cm³/mol. The number of fused-ring (bicyclic) bond motifs is 1. The van der Waals surface area contributed by atoms with Gasteiger partial charge in [0.2, 0.25) is 5.89 Å². The standard InChI is InChI=1S/C13H13NO6S/c1-21(17,18)7-2-3-9-8(6-7)14-12(20-9)10-4-5-11(19-10)13(15)16/h2-3,6,10-11H,4-5H2,1H3,(H,15,16). The number of aliphatic carboxylic acids is 1. The zero-order chi connectivity index (χ0) is 15.2. The Hall–Kier alpha value is -1.93. The quantitative estimate of drug-likeness (QED) is 0.916. The van der Waals surface area contributed by atoms with Crippen LogP contribution in [0.15, 0.2) is 27.5 Å². The summed E-state index contributed by atoms with van der Waals surface area (Å²) in [6.45, 7) is 0. The summed E-state index contributed by atoms with van der Waals surface area (Å²) >= 11 is 0. The molecule has 1 saturated heterocycles. The molecule has 2 unspecified atom stereocenters. The van der Waals surface area contributed by atoms with Crippen molar-refractivity contribution < 1.29 is 27.5 Å². The van der Waals surface area contributed by atoms with Crippen molar-refractivity contribution in [3.63, 3.8) is 0 Å². The van der Waals surface area contributed by atoms with Crippen LogP contribution in [0.4, 0.5) is 0 Å². The highest BCUT2D eigenvalue weighted by molar-refractivity contribution is 7.90. The van der Waals surface area contributed by atoms with Crippen LogP contribution in [0.5, 0.6) is 0 Å². The zero-order valence-electron chi connectivity index (χ0n) is 11.1. The molecule has 1 aromatic carbocycles. The van der Waals surface area contributed by atoms with Crippen molar-refractivity contribution in [3.8, 4) is 0 Å². The molecular weight excluding hydrogens is 298 g/mol. The monoisotopic (exact) mass is 311 g/mol. The second-order valence-electron chi connectivity index (χ2n) is 4.98. The molecule has 1 fully saturated rings. The van der Waals surface area contributed by atoms with Crippen LogP contribution in [0, 0.1) is 0 Å². The summed E-state index contributed by atoms with van der Waals surface area (Å²) in [6, 6.07) is 4.41. The van der Waals surface area contributed by atoms with E-state index < -0.39 is 28.0 Å². The van der Waals surface area contributed by atoms with E-state index in [9.17, 15) is 13.2 Å². The number of hydrogen-bond donors (Lipinski definition) is 1. The first kappa shape index (κ1) is 14.0. The summed E-state index contributed by atoms with van der Waals surface area (Å²) < 4.78 is 33.9. The Labute approximate surface area is 120 Å². The van der Waals surface area contributed by atoms with E-state index in [0.29, 0.717) is 23.9 Å². The number of nitrogens with zero attached hydrogens (tertiary/aromatic N) is 1. The first-order valence-corrected chi connectivity index (χ1v) is 8.22. The predicted octanol–water partition coefficient (Wildman–Crippen LogP) is 1.54. The molecule has 0 spiro atoms. The molecule has 1 aliphatic heterocycles. The van der Waals surface area contributed by atoms with E-state index in [1.54, 1.807) is 0 Å². The van der Waals surface area contributed by atoms with Crippen LogP contribution in [0.2, 0.25) is 0 Å². The Kier molecular flexibility index (Phi) is 3.22. The van der Waals surface area contributed by atoms with Gasteiger partial charge in [0.1, 0.15) is 11.6 Å². The number of aromatic nitrogens is 1. The molecule has 0 aliphatic carbocycles. The number of ether oxygens (including phenoxy) is 1. The second-order valence-corrected chi connectivity index (χ2v) is 7.00. The van der Waals surface area contributed by atoms with Crippen LogP contribution in [0.3, 0.4) is 0 Å². The van der Waals surface area contributed by atoms with Gasteiger partial charge in [-0.2, -0.15) is 0 Å². The molecule has 0 bridgehead atoms. The van der Waals surface area contributed by atoms with Gasteiger partial charge in [0.05, 0.1) is 4.90 Å². The molecule has 21 heavy (non-hydrogen) atoms. The van der Waals surface area contributed by atoms with Crippen molar-refractivity contribution in [2.24, 2.45) is 0 Å². The summed E-state index contributed by atoms with van der Waals surface area (Å²) in [5, 5.41) is 8.90. The minimum Gasteiger partial charge on any atom is -0.479 e. The third kappa shape index (κ3) is 2.64. The van der Waals surface area contributed by atoms with Gasteiger partial charge >= 0.3 is 5.97 Å². The van der Waals surface area contributed by atoms with Crippen LogP contribution in [0.25, 0.3) is 11.1 Å². The fourth-order valence-corrected chi connectivity index (χ4v) is 2.93. The summed E-state index contributed by atoms with van der Waals surface area (Å²) in [6.07, 6.45) is 0.653. The summed E-state index contributed by atoms with van der Waals surface area (Å²) in [7, 11) is -3.31. The van der Waals surface area contributed by atoms with Crippen LogP contribution in [-0.2, 0) is 19.4 Å². The number of hydrogen-bond acceptors (Lipinski definition) is 6. The fourth-order valence-electron chi connectivity index (χ4n) is 2.29. The Bertz CT molecular complexity index is 809. The molecule has 2 heterocycles. The smallest absolute Gasteiger partial charge is 0.332 e. The number of carboxylic acids is 1. The van der Waals surface area contributed by atoms with Crippen LogP contribution in [0.1, 0.15) is 24.8 Å². The first-order chi connectivity index (χ1) is 9.84. The molecule has 2 atom stereocenters. The highest BCUT2D eigenvalue weighted by Crippen LogP contribution is 2.34. The SMILES string of the molecule is CS(=O)(=O)c1ccc2oc(C3CCC(C(=O)O)O3)nc2c1. The summed E-state index contributed by atoms with van der Waals surface area (Å²) in [5.41, 5.74) is 0.857. The van der Waals surface area contributed by atoms with E-state index >= 15 is 0 Å². The van der Waals surface area contributed by atoms with E-state index in [-0.39, 0.29) is 10.8 Å². The largest absolute Gasteiger partial charge is 0.479 e. The lowest BCUT2D eigenvalue weighted by Crippen LogP contribution is -2.18. The molecule has 0 saturated carbocycles. The van der Waals surface area contributed by atoms with Crippen molar-refractivity contribution in [2.45, 2.75) is 29.9 Å². The van der Waals surface area contributed by atoms with E-state index in [1.165, 1.54) is 18.2 Å². The van der Waals surface area contributed by atoms with Crippen LogP contribution >= 0.6 is 0 Å². The van der Waals surface area contributed by atoms with Gasteiger partial charge in [0.25, 0.3) is 0 Å². The zero-order valence-corrected chi connectivity index (χ0v) is 12.0. The minimum atomic E-state index is -3.31. The molecule has 1 N–H and O–H groups in total. The van der Waals surface area contributed by atoms with Crippen molar-refractivity contribution in [1.29, 1.82) is 0 Å². The molecule has 8 heteroatoms. The maximum Gasteiger partial charge on any atom is 0.332 e. The lowest BCUT2D eigenvalue weighted by molar-refractivity contribution is -0.149. The Morgan fingerprint density at radius 2 is 2.14 bits per heavy atom. The van der Waals surface area contributed by atoms with Gasteiger partial charge in [-0.3, -0.25) is 0 Å². The van der Waals surface area contributed by atoms with E-state index in [1.807, 2.05) is 0 Å². The third-order valence-electron chi connectivity index (χ3n) is 3.37. The Morgan fingerprint density at radius 3 is 2.76 bits per heavy atom. The molecule has 1 aromatic heterocycles. The normalized spacial score (nSPS) is 22.7. The van der Waals surface area contributed by atoms with Crippen LogP contribution in [-0.4, -0.2) is 36.8 Å². The van der Waals surface area contributed by atoms with E-state index in [4.69, 9.17) is 14.3 Å². The number of benzene rings is 1. The van der Waals surface area contributed by atoms with Gasteiger partial charge in [0.15, 0.2) is 21.5 Å². The molecule has 7 nitrogen and oxygen atoms in total. The molecule has 1 aliphatic rings. The molecule has 2 aromatic rings. The van der Waals surface area contributed by atoms with Crippen molar-refractivity contribution in [3.05, 3.63) is 24.1 Å². The number of oxazole rings is 1. The maximum atomic E-state index is 11.5. The lowest BCUT2D eigenvalue weighted by atomic mass is 10.2. The first-order valence-electron chi connectivity index (χ1n) is 6.33. The van der Waals surface area contributed by atoms with Gasteiger partial charge in [-0.15, -0.1) is 0 Å².